The summed E-state index contributed by atoms with van der Waals surface area (Å²) < 4.78 is 4.97. The predicted octanol–water partition coefficient (Wildman–Crippen LogP) is 1.25. The van der Waals surface area contributed by atoms with Crippen molar-refractivity contribution in [2.45, 2.75) is 26.7 Å². The Hall–Kier alpha value is -0.120. The van der Waals surface area contributed by atoms with Crippen LogP contribution in [0.2, 0.25) is 0 Å². The highest BCUT2D eigenvalue weighted by molar-refractivity contribution is 4.54. The zero-order valence-electron chi connectivity index (χ0n) is 9.94. The van der Waals surface area contributed by atoms with Gasteiger partial charge in [0.05, 0.1) is 0 Å². The van der Waals surface area contributed by atoms with Crippen LogP contribution >= 0.6 is 0 Å². The van der Waals surface area contributed by atoms with E-state index in [9.17, 15) is 0 Å². The van der Waals surface area contributed by atoms with Crippen molar-refractivity contribution in [2.24, 2.45) is 5.92 Å². The van der Waals surface area contributed by atoms with Crippen LogP contribution in [0.15, 0.2) is 0 Å². The van der Waals surface area contributed by atoms with Gasteiger partial charge in [-0.3, -0.25) is 0 Å². The van der Waals surface area contributed by atoms with Gasteiger partial charge in [-0.1, -0.05) is 13.8 Å². The third-order valence-electron chi connectivity index (χ3n) is 1.98. The van der Waals surface area contributed by atoms with E-state index in [-0.39, 0.29) is 0 Å². The van der Waals surface area contributed by atoms with Crippen LogP contribution in [-0.2, 0) is 4.74 Å². The number of nitrogens with one attached hydrogen (secondary N) is 2. The van der Waals surface area contributed by atoms with E-state index < -0.39 is 0 Å². The van der Waals surface area contributed by atoms with E-state index in [0.717, 1.165) is 45.1 Å². The summed E-state index contributed by atoms with van der Waals surface area (Å²) in [7, 11) is 1.75. The normalized spacial score (nSPS) is 11.1. The van der Waals surface area contributed by atoms with Crippen LogP contribution in [0.5, 0.6) is 0 Å². The number of ether oxygens (including phenoxy) is 1. The van der Waals surface area contributed by atoms with Gasteiger partial charge in [-0.15, -0.1) is 0 Å². The van der Waals surface area contributed by atoms with Crippen molar-refractivity contribution < 1.29 is 4.74 Å². The molecule has 0 amide bonds. The van der Waals surface area contributed by atoms with Gasteiger partial charge in [0.1, 0.15) is 0 Å². The molecule has 0 saturated carbocycles. The molecule has 0 saturated heterocycles. The fourth-order valence-corrected chi connectivity index (χ4v) is 1.19. The molecular weight excluding hydrogens is 176 g/mol. The van der Waals surface area contributed by atoms with Crippen LogP contribution in [-0.4, -0.2) is 39.9 Å². The van der Waals surface area contributed by atoms with E-state index in [1.807, 2.05) is 0 Å². The molecule has 0 unspecified atom stereocenters. The van der Waals surface area contributed by atoms with Crippen molar-refractivity contribution in [1.82, 2.24) is 10.6 Å². The molecule has 0 atom stereocenters. The van der Waals surface area contributed by atoms with Crippen molar-refractivity contribution in [3.8, 4) is 0 Å². The van der Waals surface area contributed by atoms with Crippen LogP contribution in [0.3, 0.4) is 0 Å². The fraction of sp³-hybridized carbons (Fsp3) is 1.00. The van der Waals surface area contributed by atoms with Crippen molar-refractivity contribution in [3.63, 3.8) is 0 Å². The molecule has 3 nitrogen and oxygen atoms in total. The average Bonchev–Trinajstić information content (AvgIpc) is 2.15. The Kier molecular flexibility index (Phi) is 10.9. The van der Waals surface area contributed by atoms with Gasteiger partial charge in [0.15, 0.2) is 0 Å². The van der Waals surface area contributed by atoms with E-state index >= 15 is 0 Å². The molecule has 0 rings (SSSR count). The smallest absolute Gasteiger partial charge is 0.0462 e. The third kappa shape index (κ3) is 11.9. The van der Waals surface area contributed by atoms with Gasteiger partial charge in [-0.2, -0.15) is 0 Å². The zero-order valence-corrected chi connectivity index (χ0v) is 9.94. The highest BCUT2D eigenvalue weighted by Gasteiger charge is 1.92. The SMILES string of the molecule is COCCCCNCCNCC(C)C. The Balaban J connectivity index is 2.85. The first kappa shape index (κ1) is 13.9. The number of hydrogen-bond donors (Lipinski definition) is 2. The summed E-state index contributed by atoms with van der Waals surface area (Å²) >= 11 is 0. The van der Waals surface area contributed by atoms with Gasteiger partial charge >= 0.3 is 0 Å². The maximum atomic E-state index is 4.97. The second kappa shape index (κ2) is 11.0. The molecule has 0 aromatic heterocycles. The predicted molar refractivity (Wildman–Crippen MR) is 61.7 cm³/mol. The number of hydrogen-bond acceptors (Lipinski definition) is 3. The number of unbranched alkanes of at least 4 members (excludes halogenated alkanes) is 1. The first-order valence-corrected chi connectivity index (χ1v) is 5.67. The van der Waals surface area contributed by atoms with Crippen molar-refractivity contribution in [2.75, 3.05) is 39.9 Å². The molecule has 2 N–H and O–H groups in total. The highest BCUT2D eigenvalue weighted by Crippen LogP contribution is 1.87. The van der Waals surface area contributed by atoms with Crippen molar-refractivity contribution >= 4 is 0 Å². The summed E-state index contributed by atoms with van der Waals surface area (Å²) in [6.07, 6.45) is 2.36. The van der Waals surface area contributed by atoms with Crippen LogP contribution < -0.4 is 10.6 Å². The van der Waals surface area contributed by atoms with Gasteiger partial charge in [0.25, 0.3) is 0 Å². The minimum absolute atomic E-state index is 0.747. The Morgan fingerprint density at radius 1 is 1.00 bits per heavy atom. The van der Waals surface area contributed by atoms with Crippen LogP contribution in [0, 0.1) is 5.92 Å². The molecule has 0 spiro atoms. The lowest BCUT2D eigenvalue weighted by Crippen LogP contribution is -2.30. The molecule has 0 aromatic carbocycles. The first-order chi connectivity index (χ1) is 6.77. The molecule has 0 aliphatic rings. The van der Waals surface area contributed by atoms with Crippen molar-refractivity contribution in [1.29, 1.82) is 0 Å². The van der Waals surface area contributed by atoms with Gasteiger partial charge in [-0.05, 0) is 31.8 Å². The van der Waals surface area contributed by atoms with Crippen LogP contribution in [0.1, 0.15) is 26.7 Å². The standard InChI is InChI=1S/C11H26N2O/c1-11(2)10-13-8-7-12-6-4-5-9-14-3/h11-13H,4-10H2,1-3H3. The van der Waals surface area contributed by atoms with E-state index in [1.165, 1.54) is 6.42 Å². The molecule has 0 heterocycles. The molecule has 0 aliphatic heterocycles. The maximum absolute atomic E-state index is 4.97. The van der Waals surface area contributed by atoms with E-state index in [0.29, 0.717) is 0 Å². The second-order valence-electron chi connectivity index (χ2n) is 4.05. The van der Waals surface area contributed by atoms with E-state index in [1.54, 1.807) is 7.11 Å². The maximum Gasteiger partial charge on any atom is 0.0462 e. The lowest BCUT2D eigenvalue weighted by molar-refractivity contribution is 0.192. The Morgan fingerprint density at radius 2 is 1.71 bits per heavy atom. The van der Waals surface area contributed by atoms with Gasteiger partial charge in [0, 0.05) is 26.8 Å². The van der Waals surface area contributed by atoms with E-state index in [4.69, 9.17) is 4.74 Å². The van der Waals surface area contributed by atoms with Gasteiger partial charge in [-0.25, -0.2) is 0 Å². The van der Waals surface area contributed by atoms with E-state index in [2.05, 4.69) is 24.5 Å². The summed E-state index contributed by atoms with van der Waals surface area (Å²) in [6, 6.07) is 0. The second-order valence-corrected chi connectivity index (χ2v) is 4.05. The van der Waals surface area contributed by atoms with Crippen LogP contribution in [0.4, 0.5) is 0 Å². The number of rotatable bonds is 10. The van der Waals surface area contributed by atoms with Crippen molar-refractivity contribution in [3.05, 3.63) is 0 Å². The average molecular weight is 202 g/mol. The van der Waals surface area contributed by atoms with Crippen LogP contribution in [0.25, 0.3) is 0 Å². The highest BCUT2D eigenvalue weighted by atomic mass is 16.5. The molecule has 3 heteroatoms. The zero-order chi connectivity index (χ0) is 10.6. The molecule has 0 radical (unpaired) electrons. The molecule has 14 heavy (non-hydrogen) atoms. The first-order valence-electron chi connectivity index (χ1n) is 5.67. The Labute approximate surface area is 88.6 Å². The quantitative estimate of drug-likeness (QED) is 0.523. The Bertz CT molecular complexity index is 107. The summed E-state index contributed by atoms with van der Waals surface area (Å²) in [4.78, 5) is 0. The summed E-state index contributed by atoms with van der Waals surface area (Å²) in [5.41, 5.74) is 0. The molecule has 86 valence electrons. The summed E-state index contributed by atoms with van der Waals surface area (Å²) in [6.45, 7) is 9.70. The van der Waals surface area contributed by atoms with Gasteiger partial charge < -0.3 is 15.4 Å². The molecule has 0 fully saturated rings. The lowest BCUT2D eigenvalue weighted by Gasteiger charge is -2.08. The fourth-order valence-electron chi connectivity index (χ4n) is 1.19. The number of methoxy groups -OCH3 is 1. The monoisotopic (exact) mass is 202 g/mol. The lowest BCUT2D eigenvalue weighted by atomic mass is 10.2. The molecule has 0 aromatic rings. The minimum atomic E-state index is 0.747. The third-order valence-corrected chi connectivity index (χ3v) is 1.98. The largest absolute Gasteiger partial charge is 0.385 e. The topological polar surface area (TPSA) is 33.3 Å². The summed E-state index contributed by atoms with van der Waals surface area (Å²) in [5.74, 6) is 0.747. The van der Waals surface area contributed by atoms with Gasteiger partial charge in [0.2, 0.25) is 0 Å². The summed E-state index contributed by atoms with van der Waals surface area (Å²) in [5, 5.41) is 6.80. The molecular formula is C11H26N2O. The molecule has 0 aliphatic carbocycles. The molecule has 0 bridgehead atoms. The minimum Gasteiger partial charge on any atom is -0.385 e. The Morgan fingerprint density at radius 3 is 2.36 bits per heavy atom.